The van der Waals surface area contributed by atoms with Crippen molar-refractivity contribution >= 4 is 33.5 Å². The maximum atomic E-state index is 6.23. The van der Waals surface area contributed by atoms with Gasteiger partial charge in [0, 0.05) is 27.3 Å². The molecule has 4 aromatic carbocycles. The average Bonchev–Trinajstić information content (AvgIpc) is 3.39. The van der Waals surface area contributed by atoms with Gasteiger partial charge in [-0.05, 0) is 113 Å². The van der Waals surface area contributed by atoms with Gasteiger partial charge in [0.15, 0.2) is 0 Å². The average molecular weight is 503 g/mol. The van der Waals surface area contributed by atoms with E-state index in [2.05, 4.69) is 80.6 Å². The fraction of sp³-hybridized carbons (Fsp3) is 0.314. The molecule has 2 saturated carbocycles. The van der Waals surface area contributed by atoms with Crippen LogP contribution < -0.4 is 0 Å². The quantitative estimate of drug-likeness (QED) is 0.222. The molecular weight excluding hydrogens is 472 g/mol. The van der Waals surface area contributed by atoms with Gasteiger partial charge in [0.25, 0.3) is 0 Å². The first kappa shape index (κ1) is 22.0. The normalized spacial score (nSPS) is 28.1. The maximum absolute atomic E-state index is 6.23. The van der Waals surface area contributed by atoms with Gasteiger partial charge < -0.3 is 4.42 Å². The third-order valence-corrected chi connectivity index (χ3v) is 10.3. The molecular formula is C35H31ClO. The minimum atomic E-state index is 0.121. The second-order valence-electron chi connectivity index (χ2n) is 12.1. The first-order chi connectivity index (χ1) is 18.0. The van der Waals surface area contributed by atoms with Crippen LogP contribution in [0.5, 0.6) is 0 Å². The van der Waals surface area contributed by atoms with E-state index in [1.807, 2.05) is 12.1 Å². The Morgan fingerprint density at radius 1 is 0.703 bits per heavy atom. The minimum Gasteiger partial charge on any atom is -0.456 e. The van der Waals surface area contributed by atoms with Gasteiger partial charge in [0.1, 0.15) is 11.2 Å². The Morgan fingerprint density at radius 3 is 2.43 bits per heavy atom. The van der Waals surface area contributed by atoms with Crippen molar-refractivity contribution in [3.63, 3.8) is 0 Å². The van der Waals surface area contributed by atoms with Gasteiger partial charge in [-0.2, -0.15) is 0 Å². The second-order valence-corrected chi connectivity index (χ2v) is 12.6. The van der Waals surface area contributed by atoms with Crippen molar-refractivity contribution in [1.29, 1.82) is 0 Å². The maximum Gasteiger partial charge on any atom is 0.136 e. The van der Waals surface area contributed by atoms with Gasteiger partial charge in [-0.3, -0.25) is 0 Å². The monoisotopic (exact) mass is 502 g/mol. The lowest BCUT2D eigenvalue weighted by Crippen LogP contribution is -2.49. The van der Waals surface area contributed by atoms with E-state index in [-0.39, 0.29) is 5.41 Å². The molecule has 0 N–H and O–H groups in total. The highest BCUT2D eigenvalue weighted by Gasteiger charge is 2.56. The Labute approximate surface area is 223 Å². The number of halogens is 1. The lowest BCUT2D eigenvalue weighted by atomic mass is 9.49. The number of rotatable bonds is 1. The molecule has 5 aromatic rings. The summed E-state index contributed by atoms with van der Waals surface area (Å²) in [6.07, 6.45) is 5.47. The molecule has 1 aromatic heterocycles. The molecule has 0 aliphatic heterocycles. The Bertz CT molecular complexity index is 1710. The van der Waals surface area contributed by atoms with E-state index in [1.165, 1.54) is 47.9 Å². The smallest absolute Gasteiger partial charge is 0.136 e. The van der Waals surface area contributed by atoms with Crippen LogP contribution in [0.4, 0.5) is 0 Å². The van der Waals surface area contributed by atoms with Gasteiger partial charge in [-0.25, -0.2) is 0 Å². The summed E-state index contributed by atoms with van der Waals surface area (Å²) >= 11 is 6.23. The van der Waals surface area contributed by atoms with Crippen LogP contribution in [0.3, 0.4) is 0 Å². The molecule has 2 fully saturated rings. The fourth-order valence-electron chi connectivity index (χ4n) is 8.82. The first-order valence-electron chi connectivity index (χ1n) is 13.9. The summed E-state index contributed by atoms with van der Waals surface area (Å²) in [7, 11) is 0. The second kappa shape index (κ2) is 7.74. The molecule has 0 amide bonds. The van der Waals surface area contributed by atoms with E-state index in [4.69, 9.17) is 16.0 Å². The summed E-state index contributed by atoms with van der Waals surface area (Å²) in [5, 5.41) is 2.98. The van der Waals surface area contributed by atoms with Crippen molar-refractivity contribution in [1.82, 2.24) is 0 Å². The summed E-state index contributed by atoms with van der Waals surface area (Å²) in [5.74, 6) is 3.07. The lowest BCUT2D eigenvalue weighted by Gasteiger charge is -2.54. The van der Waals surface area contributed by atoms with Crippen molar-refractivity contribution in [2.75, 3.05) is 0 Å². The number of furan rings is 1. The molecule has 184 valence electrons. The van der Waals surface area contributed by atoms with Crippen molar-refractivity contribution in [3.8, 4) is 22.3 Å². The molecule has 0 saturated heterocycles. The molecule has 1 nitrogen and oxygen atoms in total. The van der Waals surface area contributed by atoms with Gasteiger partial charge in [-0.1, -0.05) is 67.9 Å². The highest BCUT2D eigenvalue weighted by Crippen LogP contribution is 2.64. The molecule has 37 heavy (non-hydrogen) atoms. The molecule has 1 spiro atoms. The highest BCUT2D eigenvalue weighted by atomic mass is 35.5. The SMILES string of the molecule is CC1CC2CC(C)C3(c4ccccc4-c4ccc(-c5ccc6oc7cc(Cl)ccc7c6c5)cc43)C(C1)C2. The van der Waals surface area contributed by atoms with E-state index in [0.29, 0.717) is 16.9 Å². The predicted octanol–water partition coefficient (Wildman–Crippen LogP) is 10.3. The molecule has 2 heteroatoms. The molecule has 5 unspecified atom stereocenters. The summed E-state index contributed by atoms with van der Waals surface area (Å²) in [6, 6.07) is 29.1. The molecule has 0 radical (unpaired) electrons. The molecule has 8 rings (SSSR count). The zero-order valence-corrected chi connectivity index (χ0v) is 22.2. The Morgan fingerprint density at radius 2 is 1.51 bits per heavy atom. The van der Waals surface area contributed by atoms with E-state index in [1.54, 1.807) is 11.1 Å². The third kappa shape index (κ3) is 2.98. The summed E-state index contributed by atoms with van der Waals surface area (Å²) < 4.78 is 6.12. The molecule has 1 heterocycles. The van der Waals surface area contributed by atoms with Gasteiger partial charge in [0.05, 0.1) is 0 Å². The highest BCUT2D eigenvalue weighted by molar-refractivity contribution is 6.31. The minimum absolute atomic E-state index is 0.121. The molecule has 5 atom stereocenters. The van der Waals surface area contributed by atoms with Gasteiger partial charge in [-0.15, -0.1) is 0 Å². The zero-order chi connectivity index (χ0) is 24.9. The molecule has 3 aliphatic carbocycles. The number of hydrogen-bond donors (Lipinski definition) is 0. The van der Waals surface area contributed by atoms with Crippen LogP contribution in [0.2, 0.25) is 5.02 Å². The largest absolute Gasteiger partial charge is 0.456 e. The third-order valence-electron chi connectivity index (χ3n) is 10.0. The van der Waals surface area contributed by atoms with Crippen LogP contribution in [0.15, 0.2) is 83.3 Å². The summed E-state index contributed by atoms with van der Waals surface area (Å²) in [6.45, 7) is 5.03. The van der Waals surface area contributed by atoms with Crippen molar-refractivity contribution in [3.05, 3.63) is 95.0 Å². The Balaban J connectivity index is 1.33. The first-order valence-corrected chi connectivity index (χ1v) is 14.3. The number of hydrogen-bond acceptors (Lipinski definition) is 1. The van der Waals surface area contributed by atoms with Crippen LogP contribution in [0.25, 0.3) is 44.2 Å². The van der Waals surface area contributed by atoms with Crippen LogP contribution in [0.1, 0.15) is 50.7 Å². The summed E-state index contributed by atoms with van der Waals surface area (Å²) in [4.78, 5) is 0. The fourth-order valence-corrected chi connectivity index (χ4v) is 8.99. The van der Waals surface area contributed by atoms with Crippen LogP contribution in [0, 0.1) is 23.7 Å². The lowest BCUT2D eigenvalue weighted by molar-refractivity contribution is 0.0426. The Hall–Kier alpha value is -3.03. The van der Waals surface area contributed by atoms with E-state index in [9.17, 15) is 0 Å². The van der Waals surface area contributed by atoms with Gasteiger partial charge in [0.2, 0.25) is 0 Å². The van der Waals surface area contributed by atoms with Crippen molar-refractivity contribution in [2.45, 2.75) is 44.9 Å². The van der Waals surface area contributed by atoms with E-state index < -0.39 is 0 Å². The van der Waals surface area contributed by atoms with E-state index >= 15 is 0 Å². The van der Waals surface area contributed by atoms with Crippen LogP contribution >= 0.6 is 11.6 Å². The topological polar surface area (TPSA) is 13.1 Å². The zero-order valence-electron chi connectivity index (χ0n) is 21.4. The standard InChI is InChI=1S/C35H31ClO/c1-20-13-22-15-21(2)35(25(14-20)16-22)31-6-4-3-5-27(31)28-10-7-24(18-32(28)35)23-8-12-33-30(17-23)29-11-9-26(36)19-34(29)37-33/h3-12,17-22,25H,13-16H2,1-2H3. The van der Waals surface area contributed by atoms with Crippen molar-refractivity contribution in [2.24, 2.45) is 23.7 Å². The molecule has 2 bridgehead atoms. The number of benzene rings is 4. The Kier molecular flexibility index (Phi) is 4.60. The van der Waals surface area contributed by atoms with E-state index in [0.717, 1.165) is 33.8 Å². The molecule has 3 aliphatic rings. The van der Waals surface area contributed by atoms with Gasteiger partial charge >= 0.3 is 0 Å². The van der Waals surface area contributed by atoms with Crippen LogP contribution in [-0.4, -0.2) is 0 Å². The predicted molar refractivity (Wildman–Crippen MR) is 154 cm³/mol. The number of fused-ring (bicyclic) bond motifs is 11. The van der Waals surface area contributed by atoms with Crippen molar-refractivity contribution < 1.29 is 4.42 Å². The van der Waals surface area contributed by atoms with Crippen LogP contribution in [-0.2, 0) is 5.41 Å². The summed E-state index contributed by atoms with van der Waals surface area (Å²) in [5.41, 5.74) is 10.5.